The first-order chi connectivity index (χ1) is 9.45. The van der Waals surface area contributed by atoms with Gasteiger partial charge in [-0.2, -0.15) is 0 Å². The molecule has 20 heavy (non-hydrogen) atoms. The topological polar surface area (TPSA) is 64.1 Å². The zero-order valence-corrected chi connectivity index (χ0v) is 12.4. The van der Waals surface area contributed by atoms with E-state index in [1.165, 1.54) is 0 Å². The zero-order valence-electron chi connectivity index (χ0n) is 12.4. The van der Waals surface area contributed by atoms with Gasteiger partial charge in [-0.25, -0.2) is 9.97 Å². The number of ether oxygens (including phenoxy) is 1. The molecule has 0 saturated heterocycles. The molecular weight excluding hydrogens is 254 g/mol. The van der Waals surface area contributed by atoms with Crippen LogP contribution < -0.4 is 10.1 Å². The molecule has 1 aliphatic carbocycles. The number of hydrogen-bond donors (Lipinski definition) is 1. The lowest BCUT2D eigenvalue weighted by atomic mass is 9.90. The lowest BCUT2D eigenvalue weighted by molar-refractivity contribution is -0.129. The molecule has 1 amide bonds. The Morgan fingerprint density at radius 3 is 2.35 bits per heavy atom. The minimum Gasteiger partial charge on any atom is -0.460 e. The summed E-state index contributed by atoms with van der Waals surface area (Å²) in [6, 6.07) is 2.47. The largest absolute Gasteiger partial charge is 0.460 e. The second-order valence-corrected chi connectivity index (χ2v) is 6.35. The summed E-state index contributed by atoms with van der Waals surface area (Å²) in [4.78, 5) is 20.1. The maximum atomic E-state index is 11.9. The van der Waals surface area contributed by atoms with E-state index in [-0.39, 0.29) is 23.5 Å². The van der Waals surface area contributed by atoms with Crippen LogP contribution in [0.2, 0.25) is 0 Å². The van der Waals surface area contributed by atoms with Gasteiger partial charge in [0, 0.05) is 23.9 Å². The number of nitrogens with one attached hydrogen (secondary N) is 1. The average Bonchev–Trinajstić information content (AvgIpc) is 2.41. The molecule has 2 rings (SSSR count). The maximum absolute atomic E-state index is 11.9. The first-order valence-electron chi connectivity index (χ1n) is 7.20. The van der Waals surface area contributed by atoms with Gasteiger partial charge in [-0.1, -0.05) is 20.8 Å². The molecule has 0 radical (unpaired) electrons. The SMILES string of the molecule is CC(C)(C)C(=O)NC1CCC(Oc2ncccn2)CC1. The minimum atomic E-state index is -0.328. The summed E-state index contributed by atoms with van der Waals surface area (Å²) >= 11 is 0. The summed E-state index contributed by atoms with van der Waals surface area (Å²) in [5.41, 5.74) is -0.328. The standard InChI is InChI=1S/C15H23N3O2/c1-15(2,3)13(19)18-11-5-7-12(8-6-11)20-14-16-9-4-10-17-14/h4,9-12H,5-8H2,1-3H3,(H,18,19). The molecule has 1 saturated carbocycles. The van der Waals surface area contributed by atoms with Crippen LogP contribution in [0.4, 0.5) is 0 Å². The van der Waals surface area contributed by atoms with E-state index in [0.717, 1.165) is 25.7 Å². The normalized spacial score (nSPS) is 23.1. The predicted molar refractivity (Wildman–Crippen MR) is 76.3 cm³/mol. The Morgan fingerprint density at radius 1 is 1.20 bits per heavy atom. The van der Waals surface area contributed by atoms with Crippen LogP contribution in [0.3, 0.4) is 0 Å². The Balaban J connectivity index is 1.77. The molecular formula is C15H23N3O2. The Labute approximate surface area is 120 Å². The number of hydrogen-bond acceptors (Lipinski definition) is 4. The van der Waals surface area contributed by atoms with Gasteiger partial charge in [0.25, 0.3) is 0 Å². The number of rotatable bonds is 3. The lowest BCUT2D eigenvalue weighted by Crippen LogP contribution is -2.44. The third-order valence-corrected chi connectivity index (χ3v) is 3.50. The summed E-state index contributed by atoms with van der Waals surface area (Å²) in [5.74, 6) is 0.119. The van der Waals surface area contributed by atoms with E-state index in [1.807, 2.05) is 20.8 Å². The molecule has 1 fully saturated rings. The van der Waals surface area contributed by atoms with Crippen molar-refractivity contribution in [2.24, 2.45) is 5.41 Å². The quantitative estimate of drug-likeness (QED) is 0.921. The number of carbonyl (C=O) groups is 1. The van der Waals surface area contributed by atoms with Crippen molar-refractivity contribution < 1.29 is 9.53 Å². The first kappa shape index (κ1) is 14.8. The van der Waals surface area contributed by atoms with E-state index in [4.69, 9.17) is 4.74 Å². The Kier molecular flexibility index (Phi) is 4.57. The van der Waals surface area contributed by atoms with Crippen molar-refractivity contribution in [3.05, 3.63) is 18.5 Å². The first-order valence-corrected chi connectivity index (χ1v) is 7.20. The van der Waals surface area contributed by atoms with Crippen LogP contribution in [0.5, 0.6) is 6.01 Å². The zero-order chi connectivity index (χ0) is 14.6. The van der Waals surface area contributed by atoms with Crippen LogP contribution in [-0.4, -0.2) is 28.0 Å². The highest BCUT2D eigenvalue weighted by molar-refractivity contribution is 5.81. The molecule has 0 unspecified atom stereocenters. The van der Waals surface area contributed by atoms with E-state index in [1.54, 1.807) is 18.5 Å². The highest BCUT2D eigenvalue weighted by Gasteiger charge is 2.28. The van der Waals surface area contributed by atoms with Crippen LogP contribution in [0, 0.1) is 5.41 Å². The summed E-state index contributed by atoms with van der Waals surface area (Å²) in [5, 5.41) is 3.12. The summed E-state index contributed by atoms with van der Waals surface area (Å²) < 4.78 is 5.74. The second kappa shape index (κ2) is 6.20. The molecule has 1 heterocycles. The van der Waals surface area contributed by atoms with Gasteiger partial charge in [-0.15, -0.1) is 0 Å². The van der Waals surface area contributed by atoms with Gasteiger partial charge < -0.3 is 10.1 Å². The van der Waals surface area contributed by atoms with Crippen LogP contribution >= 0.6 is 0 Å². The number of carbonyl (C=O) groups excluding carboxylic acids is 1. The van der Waals surface area contributed by atoms with Gasteiger partial charge in [0.15, 0.2) is 0 Å². The fourth-order valence-electron chi connectivity index (χ4n) is 2.22. The molecule has 1 aromatic rings. The van der Waals surface area contributed by atoms with Crippen molar-refractivity contribution in [1.82, 2.24) is 15.3 Å². The van der Waals surface area contributed by atoms with Crippen LogP contribution in [0.1, 0.15) is 46.5 Å². The summed E-state index contributed by atoms with van der Waals surface area (Å²) in [7, 11) is 0. The van der Waals surface area contributed by atoms with Crippen molar-refractivity contribution in [3.63, 3.8) is 0 Å². The van der Waals surface area contributed by atoms with Crippen molar-refractivity contribution in [3.8, 4) is 6.01 Å². The molecule has 5 nitrogen and oxygen atoms in total. The molecule has 1 aromatic heterocycles. The Morgan fingerprint density at radius 2 is 1.80 bits per heavy atom. The molecule has 0 bridgehead atoms. The van der Waals surface area contributed by atoms with Gasteiger partial charge in [0.05, 0.1) is 0 Å². The van der Waals surface area contributed by atoms with E-state index < -0.39 is 0 Å². The smallest absolute Gasteiger partial charge is 0.316 e. The number of amides is 1. The van der Waals surface area contributed by atoms with Crippen LogP contribution in [0.25, 0.3) is 0 Å². The summed E-state index contributed by atoms with van der Waals surface area (Å²) in [6.45, 7) is 5.80. The molecule has 0 aliphatic heterocycles. The predicted octanol–water partition coefficient (Wildman–Crippen LogP) is 2.33. The van der Waals surface area contributed by atoms with Gasteiger partial charge >= 0.3 is 6.01 Å². The average molecular weight is 277 g/mol. The Bertz CT molecular complexity index is 434. The van der Waals surface area contributed by atoms with E-state index in [2.05, 4.69) is 15.3 Å². The fourth-order valence-corrected chi connectivity index (χ4v) is 2.22. The number of aromatic nitrogens is 2. The monoisotopic (exact) mass is 277 g/mol. The fraction of sp³-hybridized carbons (Fsp3) is 0.667. The van der Waals surface area contributed by atoms with Crippen LogP contribution in [0.15, 0.2) is 18.5 Å². The Hall–Kier alpha value is -1.65. The molecule has 1 N–H and O–H groups in total. The van der Waals surface area contributed by atoms with Gasteiger partial charge in [-0.05, 0) is 31.7 Å². The maximum Gasteiger partial charge on any atom is 0.316 e. The molecule has 1 aliphatic rings. The van der Waals surface area contributed by atoms with Gasteiger partial charge in [0.2, 0.25) is 5.91 Å². The molecule has 0 atom stereocenters. The minimum absolute atomic E-state index is 0.119. The third kappa shape index (κ3) is 4.18. The highest BCUT2D eigenvalue weighted by Crippen LogP contribution is 2.23. The van der Waals surface area contributed by atoms with E-state index >= 15 is 0 Å². The lowest BCUT2D eigenvalue weighted by Gasteiger charge is -2.30. The van der Waals surface area contributed by atoms with Crippen molar-refractivity contribution >= 4 is 5.91 Å². The third-order valence-electron chi connectivity index (χ3n) is 3.50. The molecule has 110 valence electrons. The van der Waals surface area contributed by atoms with E-state index in [9.17, 15) is 4.79 Å². The van der Waals surface area contributed by atoms with Gasteiger partial charge in [-0.3, -0.25) is 4.79 Å². The number of nitrogens with zero attached hydrogens (tertiary/aromatic N) is 2. The summed E-state index contributed by atoms with van der Waals surface area (Å²) in [6.07, 6.45) is 7.24. The van der Waals surface area contributed by atoms with Crippen LogP contribution in [-0.2, 0) is 4.79 Å². The second-order valence-electron chi connectivity index (χ2n) is 6.35. The van der Waals surface area contributed by atoms with E-state index in [0.29, 0.717) is 6.01 Å². The van der Waals surface area contributed by atoms with Crippen molar-refractivity contribution in [2.75, 3.05) is 0 Å². The van der Waals surface area contributed by atoms with Gasteiger partial charge in [0.1, 0.15) is 6.10 Å². The molecule has 0 aromatic carbocycles. The molecule has 5 heteroatoms. The highest BCUT2D eigenvalue weighted by atomic mass is 16.5. The molecule has 0 spiro atoms. The van der Waals surface area contributed by atoms with Crippen molar-refractivity contribution in [1.29, 1.82) is 0 Å². The van der Waals surface area contributed by atoms with Crippen molar-refractivity contribution in [2.45, 2.75) is 58.6 Å².